The number of methoxy groups -OCH3 is 1. The van der Waals surface area contributed by atoms with Crippen molar-refractivity contribution < 1.29 is 9.53 Å². The molecule has 1 heterocycles. The van der Waals surface area contributed by atoms with Gasteiger partial charge in [0.2, 0.25) is 0 Å². The molecule has 1 aromatic carbocycles. The highest BCUT2D eigenvalue weighted by Crippen LogP contribution is 2.29. The summed E-state index contributed by atoms with van der Waals surface area (Å²) in [6.45, 7) is 3.92. The van der Waals surface area contributed by atoms with Crippen molar-refractivity contribution in [3.63, 3.8) is 0 Å². The Labute approximate surface area is 138 Å². The van der Waals surface area contributed by atoms with E-state index in [9.17, 15) is 4.79 Å². The molecule has 22 heavy (non-hydrogen) atoms. The molecule has 0 aliphatic heterocycles. The Balaban J connectivity index is 2.26. The Morgan fingerprint density at radius 3 is 2.82 bits per heavy atom. The van der Waals surface area contributed by atoms with Crippen LogP contribution in [-0.4, -0.2) is 18.0 Å². The number of carbonyl (C=O) groups excluding carboxylic acids is 1. The van der Waals surface area contributed by atoms with Crippen LogP contribution in [0.3, 0.4) is 0 Å². The number of hydrogen-bond donors (Lipinski definition) is 2. The summed E-state index contributed by atoms with van der Waals surface area (Å²) in [6.07, 6.45) is 0.740. The Hall–Kier alpha value is -1.79. The topological polar surface area (TPSA) is 77.2 Å². The van der Waals surface area contributed by atoms with Crippen molar-refractivity contribution in [1.82, 2.24) is 10.3 Å². The predicted molar refractivity (Wildman–Crippen MR) is 89.8 cm³/mol. The molecule has 118 valence electrons. The molecule has 0 saturated carbocycles. The van der Waals surface area contributed by atoms with Gasteiger partial charge in [0.15, 0.2) is 0 Å². The summed E-state index contributed by atoms with van der Waals surface area (Å²) < 4.78 is 5.21. The number of thiazole rings is 1. The normalized spacial score (nSPS) is 12.0. The van der Waals surface area contributed by atoms with Crippen LogP contribution in [0.4, 0.5) is 5.69 Å². The van der Waals surface area contributed by atoms with Crippen LogP contribution >= 0.6 is 22.9 Å². The van der Waals surface area contributed by atoms with Gasteiger partial charge in [0, 0.05) is 17.1 Å². The fourth-order valence-corrected chi connectivity index (χ4v) is 3.12. The highest BCUT2D eigenvalue weighted by molar-refractivity contribution is 7.09. The molecule has 0 aliphatic rings. The van der Waals surface area contributed by atoms with Crippen molar-refractivity contribution in [2.75, 3.05) is 12.8 Å². The van der Waals surface area contributed by atoms with Crippen LogP contribution in [0.5, 0.6) is 5.75 Å². The number of nitrogens with zero attached hydrogens (tertiary/aromatic N) is 1. The summed E-state index contributed by atoms with van der Waals surface area (Å²) in [4.78, 5) is 17.0. The molecule has 5 nitrogen and oxygen atoms in total. The van der Waals surface area contributed by atoms with Crippen LogP contribution in [0, 0.1) is 6.92 Å². The zero-order valence-corrected chi connectivity index (χ0v) is 14.2. The largest absolute Gasteiger partial charge is 0.496 e. The zero-order valence-electron chi connectivity index (χ0n) is 12.6. The van der Waals surface area contributed by atoms with Gasteiger partial charge in [-0.1, -0.05) is 18.5 Å². The number of ether oxygens (including phenoxy) is 1. The second-order valence-corrected chi connectivity index (χ2v) is 6.13. The number of hydrogen-bond acceptors (Lipinski definition) is 5. The maximum Gasteiger partial charge on any atom is 0.255 e. The Bertz CT molecular complexity index is 687. The van der Waals surface area contributed by atoms with Gasteiger partial charge in [0.1, 0.15) is 10.8 Å². The van der Waals surface area contributed by atoms with Crippen LogP contribution < -0.4 is 15.8 Å². The number of nitrogens with two attached hydrogens (primary N) is 1. The van der Waals surface area contributed by atoms with Gasteiger partial charge in [-0.15, -0.1) is 11.3 Å². The number of anilines is 1. The first kappa shape index (κ1) is 16.6. The van der Waals surface area contributed by atoms with E-state index in [0.29, 0.717) is 22.0 Å². The highest BCUT2D eigenvalue weighted by Gasteiger charge is 2.20. The standard InChI is InChI=1S/C15H18ClN3O2S/c1-4-12(15-18-8(2)7-22-15)19-14(20)9-5-10(16)11(17)6-13(9)21-3/h5-7,12H,4,17H2,1-3H3,(H,19,20). The number of halogens is 1. The number of aromatic nitrogens is 1. The maximum atomic E-state index is 12.5. The molecule has 1 amide bonds. The van der Waals surface area contributed by atoms with E-state index in [0.717, 1.165) is 17.1 Å². The van der Waals surface area contributed by atoms with E-state index in [4.69, 9.17) is 22.1 Å². The van der Waals surface area contributed by atoms with E-state index in [1.807, 2.05) is 19.2 Å². The second kappa shape index (κ2) is 6.98. The smallest absolute Gasteiger partial charge is 0.255 e. The zero-order chi connectivity index (χ0) is 16.3. The molecule has 3 N–H and O–H groups in total. The second-order valence-electron chi connectivity index (χ2n) is 4.84. The fraction of sp³-hybridized carbons (Fsp3) is 0.333. The lowest BCUT2D eigenvalue weighted by molar-refractivity contribution is 0.0932. The van der Waals surface area contributed by atoms with Gasteiger partial charge in [-0.05, 0) is 19.4 Å². The minimum atomic E-state index is -0.265. The molecule has 0 fully saturated rings. The Kier molecular flexibility index (Phi) is 5.26. The van der Waals surface area contributed by atoms with E-state index in [-0.39, 0.29) is 11.9 Å². The minimum absolute atomic E-state index is 0.146. The van der Waals surface area contributed by atoms with Gasteiger partial charge < -0.3 is 15.8 Å². The van der Waals surface area contributed by atoms with Crippen LogP contribution in [0.25, 0.3) is 0 Å². The first-order valence-electron chi connectivity index (χ1n) is 6.82. The van der Waals surface area contributed by atoms with Gasteiger partial charge in [-0.2, -0.15) is 0 Å². The first-order chi connectivity index (χ1) is 10.5. The van der Waals surface area contributed by atoms with Gasteiger partial charge >= 0.3 is 0 Å². The fourth-order valence-electron chi connectivity index (χ4n) is 2.02. The summed E-state index contributed by atoms with van der Waals surface area (Å²) in [5.41, 5.74) is 7.41. The molecule has 0 bridgehead atoms. The summed E-state index contributed by atoms with van der Waals surface area (Å²) in [5, 5.41) is 6.13. The number of carbonyl (C=O) groups is 1. The van der Waals surface area contributed by atoms with Crippen molar-refractivity contribution in [3.8, 4) is 5.75 Å². The third kappa shape index (κ3) is 3.51. The summed E-state index contributed by atoms with van der Waals surface area (Å²) in [7, 11) is 1.49. The summed E-state index contributed by atoms with van der Waals surface area (Å²) in [6, 6.07) is 2.92. The van der Waals surface area contributed by atoms with Crippen molar-refractivity contribution in [3.05, 3.63) is 38.8 Å². The molecule has 7 heteroatoms. The van der Waals surface area contributed by atoms with Crippen molar-refractivity contribution in [2.24, 2.45) is 0 Å². The number of aryl methyl sites for hydroxylation is 1. The molecule has 0 spiro atoms. The molecule has 0 radical (unpaired) electrons. The quantitative estimate of drug-likeness (QED) is 0.816. The predicted octanol–water partition coefficient (Wildman–Crippen LogP) is 3.58. The molecule has 0 aliphatic carbocycles. The van der Waals surface area contributed by atoms with E-state index in [1.54, 1.807) is 6.07 Å². The number of benzene rings is 1. The lowest BCUT2D eigenvalue weighted by Crippen LogP contribution is -2.28. The van der Waals surface area contributed by atoms with Gasteiger partial charge in [-0.25, -0.2) is 4.98 Å². The molecule has 0 saturated heterocycles. The van der Waals surface area contributed by atoms with Gasteiger partial charge in [0.05, 0.1) is 29.4 Å². The maximum absolute atomic E-state index is 12.5. The molecule has 1 unspecified atom stereocenters. The van der Waals surface area contributed by atoms with Crippen LogP contribution in [0.1, 0.15) is 40.4 Å². The van der Waals surface area contributed by atoms with Crippen molar-refractivity contribution in [1.29, 1.82) is 0 Å². The van der Waals surface area contributed by atoms with Crippen molar-refractivity contribution in [2.45, 2.75) is 26.3 Å². The molecular weight excluding hydrogens is 322 g/mol. The van der Waals surface area contributed by atoms with Crippen molar-refractivity contribution >= 4 is 34.5 Å². The van der Waals surface area contributed by atoms with Gasteiger partial charge in [-0.3, -0.25) is 4.79 Å². The van der Waals surface area contributed by atoms with E-state index in [1.165, 1.54) is 24.5 Å². The third-order valence-corrected chi connectivity index (χ3v) is 4.62. The SMILES string of the molecule is CCC(NC(=O)c1cc(Cl)c(N)cc1OC)c1nc(C)cs1. The van der Waals surface area contributed by atoms with E-state index >= 15 is 0 Å². The summed E-state index contributed by atoms with van der Waals surface area (Å²) in [5.74, 6) is 0.128. The molecule has 2 aromatic rings. The molecular formula is C15H18ClN3O2S. The lowest BCUT2D eigenvalue weighted by atomic mass is 10.1. The molecule has 1 aromatic heterocycles. The van der Waals surface area contributed by atoms with Crippen LogP contribution in [-0.2, 0) is 0 Å². The van der Waals surface area contributed by atoms with Crippen LogP contribution in [0.2, 0.25) is 5.02 Å². The van der Waals surface area contributed by atoms with Gasteiger partial charge in [0.25, 0.3) is 5.91 Å². The number of nitrogen functional groups attached to an aromatic ring is 1. The van der Waals surface area contributed by atoms with E-state index < -0.39 is 0 Å². The Morgan fingerprint density at radius 2 is 2.27 bits per heavy atom. The molecule has 2 rings (SSSR count). The third-order valence-electron chi connectivity index (χ3n) is 3.21. The molecule has 1 atom stereocenters. The Morgan fingerprint density at radius 1 is 1.55 bits per heavy atom. The number of nitrogens with one attached hydrogen (secondary N) is 1. The minimum Gasteiger partial charge on any atom is -0.496 e. The highest BCUT2D eigenvalue weighted by atomic mass is 35.5. The summed E-state index contributed by atoms with van der Waals surface area (Å²) >= 11 is 7.54. The average molecular weight is 340 g/mol. The van der Waals surface area contributed by atoms with E-state index in [2.05, 4.69) is 10.3 Å². The average Bonchev–Trinajstić information content (AvgIpc) is 2.93. The van der Waals surface area contributed by atoms with Crippen LogP contribution in [0.15, 0.2) is 17.5 Å². The lowest BCUT2D eigenvalue weighted by Gasteiger charge is -2.16. The monoisotopic (exact) mass is 339 g/mol. The number of amides is 1. The number of rotatable bonds is 5. The first-order valence-corrected chi connectivity index (χ1v) is 8.07.